The average molecular weight is 355 g/mol. The van der Waals surface area contributed by atoms with Crippen molar-refractivity contribution < 1.29 is 19.4 Å². The predicted molar refractivity (Wildman–Crippen MR) is 78.5 cm³/mol. The molecule has 1 atom stereocenters. The Morgan fingerprint density at radius 2 is 2.33 bits per heavy atom. The van der Waals surface area contributed by atoms with Crippen molar-refractivity contribution in [2.24, 2.45) is 0 Å². The van der Waals surface area contributed by atoms with Crippen molar-refractivity contribution in [3.05, 3.63) is 41.7 Å². The molecule has 0 aromatic carbocycles. The van der Waals surface area contributed by atoms with Crippen LogP contribution in [0.15, 0.2) is 36.2 Å². The van der Waals surface area contributed by atoms with Crippen LogP contribution in [0.2, 0.25) is 0 Å². The van der Waals surface area contributed by atoms with E-state index in [1.165, 1.54) is 13.1 Å². The molecular weight excluding hydrogens is 340 g/mol. The zero-order valence-electron chi connectivity index (χ0n) is 11.4. The van der Waals surface area contributed by atoms with E-state index in [1.54, 1.807) is 18.3 Å². The number of aromatic nitrogens is 1. The number of halogens is 1. The third kappa shape index (κ3) is 3.07. The van der Waals surface area contributed by atoms with Crippen LogP contribution in [0.5, 0.6) is 0 Å². The first-order valence-corrected chi connectivity index (χ1v) is 7.54. The summed E-state index contributed by atoms with van der Waals surface area (Å²) in [5.74, 6) is -1.70. The number of nitrogens with zero attached hydrogens (tertiary/aromatic N) is 1. The Morgan fingerprint density at radius 1 is 1.57 bits per heavy atom. The molecule has 7 heteroatoms. The van der Waals surface area contributed by atoms with Crippen LogP contribution in [0.4, 0.5) is 0 Å². The van der Waals surface area contributed by atoms with E-state index in [-0.39, 0.29) is 18.2 Å². The number of alkyl halides is 1. The predicted octanol–water partition coefficient (Wildman–Crippen LogP) is 1.91. The molecule has 1 amide bonds. The van der Waals surface area contributed by atoms with E-state index >= 15 is 0 Å². The first-order chi connectivity index (χ1) is 9.99. The molecule has 1 unspecified atom stereocenters. The number of pyridine rings is 1. The van der Waals surface area contributed by atoms with E-state index in [2.05, 4.69) is 26.2 Å². The highest BCUT2D eigenvalue weighted by atomic mass is 79.9. The summed E-state index contributed by atoms with van der Waals surface area (Å²) in [5, 5.41) is 13.0. The monoisotopic (exact) mass is 354 g/mol. The highest BCUT2D eigenvalue weighted by Crippen LogP contribution is 2.36. The van der Waals surface area contributed by atoms with Crippen LogP contribution in [-0.4, -0.2) is 27.1 Å². The molecule has 0 fully saturated rings. The largest absolute Gasteiger partial charge is 0.501 e. The summed E-state index contributed by atoms with van der Waals surface area (Å²) in [4.78, 5) is 27.8. The van der Waals surface area contributed by atoms with E-state index in [1.807, 2.05) is 0 Å². The summed E-state index contributed by atoms with van der Waals surface area (Å²) < 4.78 is 5.51. The number of hydrogen-bond donors (Lipinski definition) is 2. The Bertz CT molecular complexity index is 588. The lowest BCUT2D eigenvalue weighted by Gasteiger charge is -2.23. The normalized spacial score (nSPS) is 21.3. The number of ketones is 1. The number of carbonyl (C=O) groups excluding carboxylic acids is 2. The Hall–Kier alpha value is -1.89. The van der Waals surface area contributed by atoms with Gasteiger partial charge in [0.25, 0.3) is 5.78 Å². The van der Waals surface area contributed by atoms with E-state index in [9.17, 15) is 14.7 Å². The molecule has 21 heavy (non-hydrogen) atoms. The lowest BCUT2D eigenvalue weighted by molar-refractivity contribution is -0.133. The van der Waals surface area contributed by atoms with Gasteiger partial charge in [-0.1, -0.05) is 22.0 Å². The van der Waals surface area contributed by atoms with E-state index in [4.69, 9.17) is 4.74 Å². The SMILES string of the molecule is CC1(c2cccnc2)OC(NC(=O)CCCBr)=C(O)C1=O. The van der Waals surface area contributed by atoms with Crippen LogP contribution in [0.1, 0.15) is 25.3 Å². The van der Waals surface area contributed by atoms with Gasteiger partial charge in [0.15, 0.2) is 0 Å². The van der Waals surface area contributed by atoms with Gasteiger partial charge in [-0.2, -0.15) is 0 Å². The smallest absolute Gasteiger partial charge is 0.250 e. The molecule has 2 rings (SSSR count). The molecule has 0 radical (unpaired) electrons. The van der Waals surface area contributed by atoms with Crippen LogP contribution in [0.25, 0.3) is 0 Å². The maximum absolute atomic E-state index is 12.2. The Kier molecular flexibility index (Phi) is 4.62. The van der Waals surface area contributed by atoms with E-state index in [0.29, 0.717) is 17.3 Å². The minimum absolute atomic E-state index is 0.203. The molecule has 1 aliphatic heterocycles. The summed E-state index contributed by atoms with van der Waals surface area (Å²) in [6, 6.07) is 3.34. The molecule has 112 valence electrons. The molecule has 0 spiro atoms. The van der Waals surface area contributed by atoms with Crippen molar-refractivity contribution in [3.8, 4) is 0 Å². The van der Waals surface area contributed by atoms with Crippen molar-refractivity contribution in [2.75, 3.05) is 5.33 Å². The standard InChI is InChI=1S/C14H15BrN2O4/c1-14(9-4-3-7-16-8-9)12(20)11(19)13(21-14)17-10(18)5-2-6-15/h3-4,7-8,19H,2,5-6H2,1H3,(H,17,18). The fraction of sp³-hybridized carbons (Fsp3) is 0.357. The van der Waals surface area contributed by atoms with Gasteiger partial charge in [0.05, 0.1) is 0 Å². The zero-order chi connectivity index (χ0) is 15.5. The first-order valence-electron chi connectivity index (χ1n) is 6.42. The van der Waals surface area contributed by atoms with Gasteiger partial charge in [-0.3, -0.25) is 19.9 Å². The average Bonchev–Trinajstić information content (AvgIpc) is 2.71. The zero-order valence-corrected chi connectivity index (χ0v) is 13.0. The Morgan fingerprint density at radius 3 is 2.95 bits per heavy atom. The van der Waals surface area contributed by atoms with Crippen molar-refractivity contribution in [1.29, 1.82) is 0 Å². The number of aliphatic hydroxyl groups excluding tert-OH is 1. The van der Waals surface area contributed by atoms with Gasteiger partial charge in [-0.05, 0) is 19.4 Å². The molecular formula is C14H15BrN2O4. The minimum Gasteiger partial charge on any atom is -0.501 e. The van der Waals surface area contributed by atoms with Crippen LogP contribution < -0.4 is 5.32 Å². The first kappa shape index (κ1) is 15.5. The summed E-state index contributed by atoms with van der Waals surface area (Å²) in [7, 11) is 0. The number of hydrogen-bond acceptors (Lipinski definition) is 5. The van der Waals surface area contributed by atoms with E-state index in [0.717, 1.165) is 0 Å². The molecule has 0 saturated carbocycles. The molecule has 1 aromatic rings. The quantitative estimate of drug-likeness (QED) is 0.788. The van der Waals surface area contributed by atoms with Crippen LogP contribution in [-0.2, 0) is 19.9 Å². The fourth-order valence-corrected chi connectivity index (χ4v) is 2.24. The third-order valence-electron chi connectivity index (χ3n) is 3.17. The number of carbonyl (C=O) groups is 2. The van der Waals surface area contributed by atoms with Crippen molar-refractivity contribution in [1.82, 2.24) is 10.3 Å². The highest BCUT2D eigenvalue weighted by molar-refractivity contribution is 9.09. The lowest BCUT2D eigenvalue weighted by atomic mass is 9.93. The van der Waals surface area contributed by atoms with Gasteiger partial charge in [0, 0.05) is 29.7 Å². The number of ether oxygens (including phenoxy) is 1. The van der Waals surface area contributed by atoms with Gasteiger partial charge in [0.1, 0.15) is 0 Å². The third-order valence-corrected chi connectivity index (χ3v) is 3.73. The van der Waals surface area contributed by atoms with Gasteiger partial charge in [-0.25, -0.2) is 0 Å². The highest BCUT2D eigenvalue weighted by Gasteiger charge is 2.48. The van der Waals surface area contributed by atoms with Gasteiger partial charge in [0.2, 0.25) is 23.2 Å². The molecule has 1 aromatic heterocycles. The van der Waals surface area contributed by atoms with Gasteiger partial charge in [-0.15, -0.1) is 0 Å². The second-order valence-electron chi connectivity index (χ2n) is 4.72. The van der Waals surface area contributed by atoms with Gasteiger partial charge >= 0.3 is 0 Å². The van der Waals surface area contributed by atoms with Crippen LogP contribution in [0, 0.1) is 0 Å². The number of rotatable bonds is 5. The second-order valence-corrected chi connectivity index (χ2v) is 5.52. The molecule has 2 N–H and O–H groups in total. The minimum atomic E-state index is -1.38. The molecule has 1 aliphatic rings. The Labute approximate surface area is 130 Å². The molecule has 0 aliphatic carbocycles. The summed E-state index contributed by atoms with van der Waals surface area (Å²) in [6.07, 6.45) is 3.97. The number of Topliss-reactive ketones (excluding diaryl/α,β-unsaturated/α-hetero) is 1. The second kappa shape index (κ2) is 6.26. The fourth-order valence-electron chi connectivity index (χ4n) is 1.96. The van der Waals surface area contributed by atoms with E-state index < -0.39 is 17.1 Å². The molecule has 2 heterocycles. The number of nitrogens with one attached hydrogen (secondary N) is 1. The molecule has 0 saturated heterocycles. The summed E-state index contributed by atoms with van der Waals surface area (Å²) >= 11 is 3.23. The van der Waals surface area contributed by atoms with Crippen LogP contribution in [0.3, 0.4) is 0 Å². The molecule has 0 bridgehead atoms. The number of amides is 1. The Balaban J connectivity index is 2.16. The van der Waals surface area contributed by atoms with Crippen molar-refractivity contribution >= 4 is 27.6 Å². The van der Waals surface area contributed by atoms with Crippen LogP contribution >= 0.6 is 15.9 Å². The number of aliphatic hydroxyl groups is 1. The van der Waals surface area contributed by atoms with Crippen molar-refractivity contribution in [3.63, 3.8) is 0 Å². The summed E-state index contributed by atoms with van der Waals surface area (Å²) in [6.45, 7) is 1.53. The molecule has 6 nitrogen and oxygen atoms in total. The lowest BCUT2D eigenvalue weighted by Crippen LogP contribution is -2.32. The topological polar surface area (TPSA) is 88.5 Å². The van der Waals surface area contributed by atoms with Crippen molar-refractivity contribution in [2.45, 2.75) is 25.4 Å². The summed E-state index contributed by atoms with van der Waals surface area (Å²) in [5.41, 5.74) is -0.873. The maximum Gasteiger partial charge on any atom is 0.250 e. The van der Waals surface area contributed by atoms with Gasteiger partial charge < -0.3 is 9.84 Å². The maximum atomic E-state index is 12.2.